The lowest BCUT2D eigenvalue weighted by Crippen LogP contribution is -2.16. The number of amidine groups is 1. The summed E-state index contributed by atoms with van der Waals surface area (Å²) >= 11 is 0. The molecule has 28 heavy (non-hydrogen) atoms. The fraction of sp³-hybridized carbons (Fsp3) is 0.0500. The second-order valence-electron chi connectivity index (χ2n) is 6.02. The van der Waals surface area contributed by atoms with Crippen molar-refractivity contribution < 1.29 is 13.3 Å². The summed E-state index contributed by atoms with van der Waals surface area (Å²) in [5.41, 5.74) is 1.88. The summed E-state index contributed by atoms with van der Waals surface area (Å²) in [5, 5.41) is 13.9. The number of sulfonamides is 1. The van der Waals surface area contributed by atoms with Crippen molar-refractivity contribution in [3.63, 3.8) is 0 Å². The summed E-state index contributed by atoms with van der Waals surface area (Å²) < 4.78 is 29.5. The average molecular weight is 395 g/mol. The molecule has 8 heteroatoms. The van der Waals surface area contributed by atoms with Gasteiger partial charge in [0, 0.05) is 23.4 Å². The Morgan fingerprint density at radius 2 is 1.54 bits per heavy atom. The van der Waals surface area contributed by atoms with Gasteiger partial charge in [0.2, 0.25) is 0 Å². The smallest absolute Gasteiger partial charge is 0.284 e. The van der Waals surface area contributed by atoms with E-state index in [9.17, 15) is 18.5 Å². The van der Waals surface area contributed by atoms with E-state index < -0.39 is 14.9 Å². The van der Waals surface area contributed by atoms with E-state index in [0.29, 0.717) is 11.3 Å². The van der Waals surface area contributed by atoms with E-state index in [2.05, 4.69) is 9.71 Å². The second kappa shape index (κ2) is 8.01. The summed E-state index contributed by atoms with van der Waals surface area (Å²) in [5.74, 6) is 0.0710. The number of hydrogen-bond acceptors (Lipinski definition) is 4. The van der Waals surface area contributed by atoms with Crippen LogP contribution in [0.15, 0.2) is 88.2 Å². The zero-order valence-corrected chi connectivity index (χ0v) is 15.8. The van der Waals surface area contributed by atoms with Crippen molar-refractivity contribution in [3.8, 4) is 0 Å². The minimum absolute atomic E-state index is 0.0624. The first-order valence-corrected chi connectivity index (χ1v) is 9.78. The van der Waals surface area contributed by atoms with Crippen molar-refractivity contribution >= 4 is 27.2 Å². The first-order chi connectivity index (χ1) is 13.3. The first-order valence-electron chi connectivity index (χ1n) is 8.34. The van der Waals surface area contributed by atoms with Gasteiger partial charge in [-0.15, -0.1) is 4.40 Å². The standard InChI is InChI=1S/C20H17N3O4S/c1-15-7-13-19(14-8-15)28(26,27)22-20(21-17-5-3-2-4-6-17)16-9-11-18(12-10-16)23(24)25/h2-14H,1H3,(H,21,22). The predicted molar refractivity (Wildman–Crippen MR) is 108 cm³/mol. The number of nitrogens with one attached hydrogen (secondary N) is 1. The third kappa shape index (κ3) is 4.60. The summed E-state index contributed by atoms with van der Waals surface area (Å²) in [7, 11) is -3.98. The van der Waals surface area contributed by atoms with Crippen LogP contribution in [-0.4, -0.2) is 19.2 Å². The lowest BCUT2D eigenvalue weighted by atomic mass is 10.2. The van der Waals surface area contributed by atoms with E-state index in [0.717, 1.165) is 5.56 Å². The monoisotopic (exact) mass is 395 g/mol. The highest BCUT2D eigenvalue weighted by Crippen LogP contribution is 2.18. The lowest BCUT2D eigenvalue weighted by molar-refractivity contribution is -0.384. The fourth-order valence-electron chi connectivity index (χ4n) is 2.43. The Bertz CT molecular complexity index is 1110. The van der Waals surface area contributed by atoms with E-state index in [1.807, 2.05) is 13.0 Å². The minimum Gasteiger partial charge on any atom is -0.339 e. The molecule has 0 heterocycles. The van der Waals surface area contributed by atoms with Crippen LogP contribution >= 0.6 is 0 Å². The maximum absolute atomic E-state index is 12.8. The number of non-ortho nitro benzene ring substituents is 1. The van der Waals surface area contributed by atoms with Gasteiger partial charge in [-0.25, -0.2) is 0 Å². The topological polar surface area (TPSA) is 102 Å². The van der Waals surface area contributed by atoms with Crippen LogP contribution in [0.3, 0.4) is 0 Å². The number of hydrogen-bond donors (Lipinski definition) is 1. The molecule has 0 atom stereocenters. The third-order valence-corrected chi connectivity index (χ3v) is 5.21. The molecule has 0 radical (unpaired) electrons. The maximum Gasteiger partial charge on any atom is 0.284 e. The molecular weight excluding hydrogens is 378 g/mol. The molecular formula is C20H17N3O4S. The number of aryl methyl sites for hydroxylation is 1. The van der Waals surface area contributed by atoms with Crippen molar-refractivity contribution in [1.82, 2.24) is 0 Å². The summed E-state index contributed by atoms with van der Waals surface area (Å²) in [4.78, 5) is 10.4. The molecule has 0 saturated heterocycles. The Kier molecular flexibility index (Phi) is 5.51. The van der Waals surface area contributed by atoms with Crippen LogP contribution in [0.4, 0.5) is 11.4 Å². The molecule has 0 aliphatic carbocycles. The van der Waals surface area contributed by atoms with Crippen LogP contribution in [0.1, 0.15) is 11.1 Å². The van der Waals surface area contributed by atoms with Crippen LogP contribution in [-0.2, 0) is 10.0 Å². The van der Waals surface area contributed by atoms with Crippen molar-refractivity contribution in [2.45, 2.75) is 11.8 Å². The second-order valence-corrected chi connectivity index (χ2v) is 7.63. The lowest BCUT2D eigenvalue weighted by Gasteiger charge is -2.11. The van der Waals surface area contributed by atoms with Crippen molar-refractivity contribution in [1.29, 1.82) is 0 Å². The van der Waals surface area contributed by atoms with Crippen molar-refractivity contribution in [2.75, 3.05) is 5.32 Å². The van der Waals surface area contributed by atoms with Gasteiger partial charge in [-0.2, -0.15) is 8.42 Å². The normalized spacial score (nSPS) is 11.8. The molecule has 0 amide bonds. The molecule has 0 aliphatic heterocycles. The Labute approximate surface area is 162 Å². The number of para-hydroxylation sites is 1. The molecule has 0 bridgehead atoms. The molecule has 1 N–H and O–H groups in total. The molecule has 3 rings (SSSR count). The van der Waals surface area contributed by atoms with Crippen LogP contribution in [0.5, 0.6) is 0 Å². The zero-order chi connectivity index (χ0) is 20.1. The molecule has 0 unspecified atom stereocenters. The third-order valence-electron chi connectivity index (χ3n) is 3.92. The predicted octanol–water partition coefficient (Wildman–Crippen LogP) is 4.15. The van der Waals surface area contributed by atoms with Gasteiger partial charge in [0.25, 0.3) is 15.7 Å². The SMILES string of the molecule is Cc1ccc(S(=O)(=O)N=C(Nc2ccccc2)c2ccc([N+](=O)[O-])cc2)cc1. The summed E-state index contributed by atoms with van der Waals surface area (Å²) in [6, 6.07) is 20.8. The molecule has 142 valence electrons. The number of anilines is 1. The summed E-state index contributed by atoms with van der Waals surface area (Å²) in [6.45, 7) is 1.86. The molecule has 0 saturated carbocycles. The highest BCUT2D eigenvalue weighted by Gasteiger charge is 2.16. The number of nitro benzene ring substituents is 1. The van der Waals surface area contributed by atoms with Gasteiger partial charge in [0.05, 0.1) is 9.82 Å². The molecule has 0 fully saturated rings. The highest BCUT2D eigenvalue weighted by atomic mass is 32.2. The highest BCUT2D eigenvalue weighted by molar-refractivity contribution is 7.90. The van der Waals surface area contributed by atoms with Crippen LogP contribution in [0.2, 0.25) is 0 Å². The molecule has 0 aromatic heterocycles. The Morgan fingerprint density at radius 3 is 2.11 bits per heavy atom. The average Bonchev–Trinajstić information content (AvgIpc) is 2.68. The largest absolute Gasteiger partial charge is 0.339 e. The van der Waals surface area contributed by atoms with E-state index in [-0.39, 0.29) is 16.4 Å². The summed E-state index contributed by atoms with van der Waals surface area (Å²) in [6.07, 6.45) is 0. The van der Waals surface area contributed by atoms with Crippen LogP contribution in [0.25, 0.3) is 0 Å². The van der Waals surface area contributed by atoms with Crippen LogP contribution in [0, 0.1) is 17.0 Å². The van der Waals surface area contributed by atoms with E-state index >= 15 is 0 Å². The molecule has 0 spiro atoms. The Hall–Kier alpha value is -3.52. The van der Waals surface area contributed by atoms with Crippen molar-refractivity contribution in [3.05, 3.63) is 100 Å². The van der Waals surface area contributed by atoms with Crippen molar-refractivity contribution in [2.24, 2.45) is 4.40 Å². The molecule has 3 aromatic rings. The van der Waals surface area contributed by atoms with Gasteiger partial charge < -0.3 is 5.32 Å². The van der Waals surface area contributed by atoms with E-state index in [1.54, 1.807) is 36.4 Å². The van der Waals surface area contributed by atoms with Gasteiger partial charge in [-0.3, -0.25) is 10.1 Å². The number of rotatable bonds is 5. The maximum atomic E-state index is 12.8. The van der Waals surface area contributed by atoms with Gasteiger partial charge in [-0.05, 0) is 43.3 Å². The van der Waals surface area contributed by atoms with Crippen LogP contribution < -0.4 is 5.32 Å². The number of benzene rings is 3. The zero-order valence-electron chi connectivity index (χ0n) is 14.9. The number of nitro groups is 1. The van der Waals surface area contributed by atoms with Gasteiger partial charge in [-0.1, -0.05) is 35.9 Å². The molecule has 3 aromatic carbocycles. The minimum atomic E-state index is -3.98. The Balaban J connectivity index is 2.05. The quantitative estimate of drug-likeness (QED) is 0.303. The molecule has 0 aliphatic rings. The number of nitrogens with zero attached hydrogens (tertiary/aromatic N) is 2. The fourth-order valence-corrected chi connectivity index (χ4v) is 3.41. The molecule has 7 nitrogen and oxygen atoms in total. The Morgan fingerprint density at radius 1 is 0.929 bits per heavy atom. The van der Waals surface area contributed by atoms with E-state index in [4.69, 9.17) is 0 Å². The van der Waals surface area contributed by atoms with E-state index in [1.165, 1.54) is 36.4 Å². The van der Waals surface area contributed by atoms with Gasteiger partial charge in [0.15, 0.2) is 5.84 Å². The first kappa shape index (κ1) is 19.2. The van der Waals surface area contributed by atoms with Gasteiger partial charge >= 0.3 is 0 Å². The van der Waals surface area contributed by atoms with Gasteiger partial charge in [0.1, 0.15) is 0 Å².